The van der Waals surface area contributed by atoms with E-state index in [-0.39, 0.29) is 23.2 Å². The first kappa shape index (κ1) is 29.5. The minimum absolute atomic E-state index is 0.0702. The van der Waals surface area contributed by atoms with Gasteiger partial charge in [0, 0.05) is 12.2 Å². The Bertz CT molecular complexity index is 1260. The highest BCUT2D eigenvalue weighted by atomic mass is 19.4. The van der Waals surface area contributed by atoms with Gasteiger partial charge in [-0.25, -0.2) is 4.39 Å². The van der Waals surface area contributed by atoms with Gasteiger partial charge in [0.1, 0.15) is 24.1 Å². The van der Waals surface area contributed by atoms with Gasteiger partial charge in [0.25, 0.3) is 5.91 Å². The monoisotopic (exact) mass is 565 g/mol. The Morgan fingerprint density at radius 1 is 1.05 bits per heavy atom. The van der Waals surface area contributed by atoms with E-state index >= 15 is 4.39 Å². The summed E-state index contributed by atoms with van der Waals surface area (Å²) in [6, 6.07) is 3.03. The summed E-state index contributed by atoms with van der Waals surface area (Å²) in [5.41, 5.74) is 0.817. The van der Waals surface area contributed by atoms with Crippen molar-refractivity contribution in [2.75, 3.05) is 11.9 Å². The maximum absolute atomic E-state index is 15.2. The number of anilines is 1. The van der Waals surface area contributed by atoms with Crippen LogP contribution in [0.5, 0.6) is 0 Å². The predicted molar refractivity (Wildman–Crippen MR) is 140 cm³/mol. The number of nitrogens with one attached hydrogen (secondary N) is 3. The molecular formula is C28H35F4N5O3. The lowest BCUT2D eigenvalue weighted by atomic mass is 9.88. The Morgan fingerprint density at radius 2 is 1.68 bits per heavy atom. The van der Waals surface area contributed by atoms with Crippen molar-refractivity contribution in [2.24, 2.45) is 17.8 Å². The molecule has 12 heteroatoms. The van der Waals surface area contributed by atoms with Gasteiger partial charge in [-0.2, -0.15) is 18.3 Å². The Labute approximate surface area is 230 Å². The molecule has 2 aliphatic carbocycles. The van der Waals surface area contributed by atoms with Crippen molar-refractivity contribution in [1.82, 2.24) is 20.4 Å². The molecule has 2 atom stereocenters. The van der Waals surface area contributed by atoms with E-state index in [0.717, 1.165) is 31.7 Å². The Kier molecular flexibility index (Phi) is 8.55. The first-order valence-corrected chi connectivity index (χ1v) is 13.6. The molecule has 0 bridgehead atoms. The fourth-order valence-corrected chi connectivity index (χ4v) is 5.30. The number of aryl methyl sites for hydroxylation is 1. The molecule has 3 N–H and O–H groups in total. The SMILES string of the molecule is Cc1cc(NC(=O)C(NC(=O)c2ccnn2C(C)C)C(C2CC2)C2CC2)c(F)cc1C(C)C(=O)NCC(F)(F)F. The van der Waals surface area contributed by atoms with Gasteiger partial charge >= 0.3 is 6.18 Å². The van der Waals surface area contributed by atoms with Crippen LogP contribution in [0.1, 0.15) is 80.0 Å². The van der Waals surface area contributed by atoms with Crippen LogP contribution in [0.2, 0.25) is 0 Å². The van der Waals surface area contributed by atoms with E-state index in [1.807, 2.05) is 19.2 Å². The molecule has 1 aromatic heterocycles. The molecular weight excluding hydrogens is 530 g/mol. The molecule has 2 unspecified atom stereocenters. The molecule has 3 amide bonds. The molecule has 2 fully saturated rings. The maximum atomic E-state index is 15.2. The van der Waals surface area contributed by atoms with Gasteiger partial charge in [-0.3, -0.25) is 19.1 Å². The second-order valence-corrected chi connectivity index (χ2v) is 11.2. The first-order chi connectivity index (χ1) is 18.8. The van der Waals surface area contributed by atoms with Crippen LogP contribution < -0.4 is 16.0 Å². The van der Waals surface area contributed by atoms with Crippen LogP contribution in [0, 0.1) is 30.5 Å². The van der Waals surface area contributed by atoms with Crippen molar-refractivity contribution in [1.29, 1.82) is 0 Å². The third-order valence-corrected chi connectivity index (χ3v) is 7.62. The smallest absolute Gasteiger partial charge is 0.346 e. The van der Waals surface area contributed by atoms with E-state index in [0.29, 0.717) is 23.1 Å². The highest BCUT2D eigenvalue weighted by Crippen LogP contribution is 2.51. The van der Waals surface area contributed by atoms with Crippen LogP contribution in [-0.2, 0) is 9.59 Å². The van der Waals surface area contributed by atoms with Gasteiger partial charge in [-0.05, 0) is 100 Å². The van der Waals surface area contributed by atoms with E-state index in [1.165, 1.54) is 19.2 Å². The predicted octanol–water partition coefficient (Wildman–Crippen LogP) is 4.87. The van der Waals surface area contributed by atoms with Crippen LogP contribution in [-0.4, -0.2) is 46.3 Å². The van der Waals surface area contributed by atoms with Gasteiger partial charge < -0.3 is 16.0 Å². The third-order valence-electron chi connectivity index (χ3n) is 7.62. The molecule has 8 nitrogen and oxygen atoms in total. The van der Waals surface area contributed by atoms with Gasteiger partial charge in [0.05, 0.1) is 11.6 Å². The number of hydrogen-bond donors (Lipinski definition) is 3. The number of carbonyl (C=O) groups excluding carboxylic acids is 3. The summed E-state index contributed by atoms with van der Waals surface area (Å²) >= 11 is 0. The number of halogens is 4. The van der Waals surface area contributed by atoms with Crippen LogP contribution in [0.3, 0.4) is 0 Å². The molecule has 1 aromatic carbocycles. The summed E-state index contributed by atoms with van der Waals surface area (Å²) in [6.07, 6.45) is 0.793. The highest BCUT2D eigenvalue weighted by Gasteiger charge is 2.48. The molecule has 2 aromatic rings. The lowest BCUT2D eigenvalue weighted by Gasteiger charge is -2.28. The standard InChI is InChI=1S/C28H35F4N5O3/c1-14(2)37-22(9-10-34-37)26(39)36-24(23(17-5-6-17)18-7-8-18)27(40)35-21-11-15(3)19(12-20(21)29)16(4)25(38)33-13-28(30,31)32/h9-12,14,16-18,23-24H,5-8,13H2,1-4H3,(H,33,38)(H,35,40)(H,36,39). The molecule has 0 aliphatic heterocycles. The normalized spacial score (nSPS) is 17.1. The second kappa shape index (κ2) is 11.6. The van der Waals surface area contributed by atoms with E-state index < -0.39 is 48.2 Å². The van der Waals surface area contributed by atoms with E-state index in [4.69, 9.17) is 0 Å². The lowest BCUT2D eigenvalue weighted by Crippen LogP contribution is -2.50. The molecule has 0 saturated heterocycles. The molecule has 40 heavy (non-hydrogen) atoms. The summed E-state index contributed by atoms with van der Waals surface area (Å²) in [6.45, 7) is 5.26. The van der Waals surface area contributed by atoms with Gasteiger partial charge in [0.2, 0.25) is 11.8 Å². The number of carbonyl (C=O) groups is 3. The lowest BCUT2D eigenvalue weighted by molar-refractivity contribution is -0.139. The number of aromatic nitrogens is 2. The average Bonchev–Trinajstić information content (AvgIpc) is 3.82. The molecule has 2 aliphatic rings. The second-order valence-electron chi connectivity index (χ2n) is 11.2. The summed E-state index contributed by atoms with van der Waals surface area (Å²) < 4.78 is 54.3. The highest BCUT2D eigenvalue weighted by molar-refractivity contribution is 6.01. The summed E-state index contributed by atoms with van der Waals surface area (Å²) in [5.74, 6) is -3.25. The minimum atomic E-state index is -4.57. The zero-order valence-electron chi connectivity index (χ0n) is 22.9. The van der Waals surface area contributed by atoms with E-state index in [9.17, 15) is 27.6 Å². The number of amides is 3. The van der Waals surface area contributed by atoms with Crippen molar-refractivity contribution in [3.8, 4) is 0 Å². The van der Waals surface area contributed by atoms with Crippen molar-refractivity contribution in [3.05, 3.63) is 47.0 Å². The molecule has 0 radical (unpaired) electrons. The van der Waals surface area contributed by atoms with Gasteiger partial charge in [-0.1, -0.05) is 0 Å². The fourth-order valence-electron chi connectivity index (χ4n) is 5.30. The van der Waals surface area contributed by atoms with Crippen LogP contribution in [0.4, 0.5) is 23.2 Å². The zero-order valence-corrected chi connectivity index (χ0v) is 22.9. The molecule has 2 saturated carbocycles. The van der Waals surface area contributed by atoms with Crippen LogP contribution in [0.25, 0.3) is 0 Å². The zero-order chi connectivity index (χ0) is 29.4. The molecule has 4 rings (SSSR count). The average molecular weight is 566 g/mol. The van der Waals surface area contributed by atoms with Crippen molar-refractivity contribution in [2.45, 2.75) is 77.6 Å². The third kappa shape index (κ3) is 7.00. The van der Waals surface area contributed by atoms with Crippen molar-refractivity contribution in [3.63, 3.8) is 0 Å². The first-order valence-electron chi connectivity index (χ1n) is 13.6. The van der Waals surface area contributed by atoms with Crippen molar-refractivity contribution < 1.29 is 31.9 Å². The Balaban J connectivity index is 1.54. The summed E-state index contributed by atoms with van der Waals surface area (Å²) in [4.78, 5) is 39.1. The summed E-state index contributed by atoms with van der Waals surface area (Å²) in [5, 5.41) is 11.5. The molecule has 0 spiro atoms. The topological polar surface area (TPSA) is 105 Å². The maximum Gasteiger partial charge on any atom is 0.405 e. The Morgan fingerprint density at radius 3 is 2.23 bits per heavy atom. The minimum Gasteiger partial charge on any atom is -0.346 e. The van der Waals surface area contributed by atoms with Crippen LogP contribution in [0.15, 0.2) is 24.4 Å². The molecule has 1 heterocycles. The number of hydrogen-bond acceptors (Lipinski definition) is 4. The Hall–Kier alpha value is -3.44. The van der Waals surface area contributed by atoms with E-state index in [1.54, 1.807) is 17.7 Å². The number of nitrogens with zero attached hydrogens (tertiary/aromatic N) is 2. The largest absolute Gasteiger partial charge is 0.405 e. The van der Waals surface area contributed by atoms with Gasteiger partial charge in [-0.15, -0.1) is 0 Å². The fraction of sp³-hybridized carbons (Fsp3) is 0.571. The quantitative estimate of drug-likeness (QED) is 0.338. The van der Waals surface area contributed by atoms with Crippen LogP contribution >= 0.6 is 0 Å². The van der Waals surface area contributed by atoms with E-state index in [2.05, 4.69) is 15.7 Å². The van der Waals surface area contributed by atoms with Gasteiger partial charge in [0.15, 0.2) is 0 Å². The molecule has 218 valence electrons. The number of benzene rings is 1. The number of alkyl halides is 3. The number of rotatable bonds is 11. The summed E-state index contributed by atoms with van der Waals surface area (Å²) in [7, 11) is 0. The van der Waals surface area contributed by atoms with Crippen molar-refractivity contribution >= 4 is 23.4 Å².